The van der Waals surface area contributed by atoms with E-state index < -0.39 is 17.9 Å². The molecule has 0 aliphatic carbocycles. The summed E-state index contributed by atoms with van der Waals surface area (Å²) < 4.78 is 4.70. The monoisotopic (exact) mass is 286 g/mol. The lowest BCUT2D eigenvalue weighted by atomic mass is 10.2. The Hall–Kier alpha value is -1.18. The highest BCUT2D eigenvalue weighted by Crippen LogP contribution is 1.99. The molecule has 1 amide bonds. The summed E-state index contributed by atoms with van der Waals surface area (Å²) in [4.78, 5) is 27.5. The van der Waals surface area contributed by atoms with Gasteiger partial charge in [-0.1, -0.05) is 0 Å². The average Bonchev–Trinajstić information content (AvgIpc) is 2.44. The van der Waals surface area contributed by atoms with E-state index >= 15 is 0 Å². The third kappa shape index (κ3) is 5.85. The van der Waals surface area contributed by atoms with E-state index in [1.807, 2.05) is 0 Å². The summed E-state index contributed by atoms with van der Waals surface area (Å²) in [5.41, 5.74) is 5.48. The molecule has 116 valence electrons. The zero-order valence-electron chi connectivity index (χ0n) is 12.4. The molecule has 0 aromatic carbocycles. The maximum absolute atomic E-state index is 11.6. The number of hydrogen-bond acceptors (Lipinski definition) is 6. The Morgan fingerprint density at radius 2 is 1.95 bits per heavy atom. The van der Waals surface area contributed by atoms with Crippen molar-refractivity contribution >= 4 is 11.9 Å². The van der Waals surface area contributed by atoms with Crippen molar-refractivity contribution in [1.29, 1.82) is 0 Å². The summed E-state index contributed by atoms with van der Waals surface area (Å²) in [5.74, 6) is -1.15. The molecular weight excluding hydrogens is 260 g/mol. The van der Waals surface area contributed by atoms with Crippen LogP contribution >= 0.6 is 0 Å². The summed E-state index contributed by atoms with van der Waals surface area (Å²) in [6.07, 6.45) is 0.852. The van der Waals surface area contributed by atoms with Gasteiger partial charge in [0.05, 0.1) is 6.61 Å². The Bertz CT molecular complexity index is 317. The van der Waals surface area contributed by atoms with E-state index in [-0.39, 0.29) is 6.61 Å². The number of esters is 1. The van der Waals surface area contributed by atoms with E-state index in [9.17, 15) is 9.59 Å². The van der Waals surface area contributed by atoms with Crippen molar-refractivity contribution in [3.05, 3.63) is 0 Å². The van der Waals surface area contributed by atoms with Crippen molar-refractivity contribution in [3.8, 4) is 0 Å². The van der Waals surface area contributed by atoms with Gasteiger partial charge in [-0.15, -0.1) is 0 Å². The Morgan fingerprint density at radius 3 is 2.55 bits per heavy atom. The van der Waals surface area contributed by atoms with Crippen LogP contribution in [0.1, 0.15) is 13.3 Å². The van der Waals surface area contributed by atoms with Gasteiger partial charge in [0, 0.05) is 32.7 Å². The Labute approximate surface area is 120 Å². The molecule has 1 heterocycles. The van der Waals surface area contributed by atoms with Crippen molar-refractivity contribution in [3.63, 3.8) is 0 Å². The maximum atomic E-state index is 11.6. The Balaban J connectivity index is 2.11. The molecular formula is C13H26N4O3. The van der Waals surface area contributed by atoms with Crippen LogP contribution in [0.2, 0.25) is 0 Å². The molecule has 1 atom stereocenters. The van der Waals surface area contributed by atoms with Gasteiger partial charge in [-0.3, -0.25) is 4.79 Å². The Kier molecular flexibility index (Phi) is 7.50. The van der Waals surface area contributed by atoms with Crippen LogP contribution in [-0.2, 0) is 14.3 Å². The second kappa shape index (κ2) is 8.89. The summed E-state index contributed by atoms with van der Waals surface area (Å²) >= 11 is 0. The topological polar surface area (TPSA) is 87.9 Å². The molecule has 0 aromatic heterocycles. The molecule has 7 nitrogen and oxygen atoms in total. The fourth-order valence-electron chi connectivity index (χ4n) is 2.03. The van der Waals surface area contributed by atoms with Crippen LogP contribution in [0.25, 0.3) is 0 Å². The molecule has 0 radical (unpaired) electrons. The number of ether oxygens (including phenoxy) is 1. The van der Waals surface area contributed by atoms with Crippen LogP contribution in [0.4, 0.5) is 0 Å². The van der Waals surface area contributed by atoms with Crippen molar-refractivity contribution in [1.82, 2.24) is 15.1 Å². The highest BCUT2D eigenvalue weighted by atomic mass is 16.5. The first-order valence-electron chi connectivity index (χ1n) is 7.15. The molecule has 3 N–H and O–H groups in total. The first kappa shape index (κ1) is 16.9. The molecule has 20 heavy (non-hydrogen) atoms. The number of nitrogens with zero attached hydrogens (tertiary/aromatic N) is 2. The smallest absolute Gasteiger partial charge is 0.332 e. The quantitative estimate of drug-likeness (QED) is 0.341. The van der Waals surface area contributed by atoms with Gasteiger partial charge in [-0.2, -0.15) is 0 Å². The SMILES string of the molecule is CCOC(=O)C(N)C(=O)NCCCN1CCN(C)CC1. The van der Waals surface area contributed by atoms with E-state index in [1.54, 1.807) is 6.92 Å². The van der Waals surface area contributed by atoms with Crippen LogP contribution in [0.15, 0.2) is 0 Å². The molecule has 1 fully saturated rings. The number of nitrogens with two attached hydrogens (primary N) is 1. The van der Waals surface area contributed by atoms with E-state index in [0.717, 1.165) is 39.1 Å². The minimum atomic E-state index is -1.22. The summed E-state index contributed by atoms with van der Waals surface area (Å²) in [5, 5.41) is 2.67. The van der Waals surface area contributed by atoms with Gasteiger partial charge >= 0.3 is 5.97 Å². The summed E-state index contributed by atoms with van der Waals surface area (Å²) in [6.45, 7) is 7.67. The van der Waals surface area contributed by atoms with Crippen LogP contribution in [0.3, 0.4) is 0 Å². The predicted octanol–water partition coefficient (Wildman–Crippen LogP) is -1.37. The maximum Gasteiger partial charge on any atom is 0.332 e. The number of carbonyl (C=O) groups excluding carboxylic acids is 2. The number of carbonyl (C=O) groups is 2. The van der Waals surface area contributed by atoms with Gasteiger partial charge in [0.25, 0.3) is 0 Å². The fraction of sp³-hybridized carbons (Fsp3) is 0.846. The van der Waals surface area contributed by atoms with Gasteiger partial charge in [0.1, 0.15) is 0 Å². The molecule has 0 aromatic rings. The van der Waals surface area contributed by atoms with Crippen molar-refractivity contribution in [2.45, 2.75) is 19.4 Å². The number of amides is 1. The predicted molar refractivity (Wildman–Crippen MR) is 76.2 cm³/mol. The minimum absolute atomic E-state index is 0.225. The summed E-state index contributed by atoms with van der Waals surface area (Å²) in [7, 11) is 2.12. The van der Waals surface area contributed by atoms with E-state index in [1.165, 1.54) is 0 Å². The molecule has 0 bridgehead atoms. The van der Waals surface area contributed by atoms with Gasteiger partial charge in [-0.25, -0.2) is 4.79 Å². The standard InChI is InChI=1S/C13H26N4O3/c1-3-20-13(19)11(14)12(18)15-5-4-6-17-9-7-16(2)8-10-17/h11H,3-10,14H2,1-2H3,(H,15,18). The van der Waals surface area contributed by atoms with Crippen LogP contribution in [0.5, 0.6) is 0 Å². The minimum Gasteiger partial charge on any atom is -0.464 e. The van der Waals surface area contributed by atoms with Gasteiger partial charge in [-0.05, 0) is 26.9 Å². The van der Waals surface area contributed by atoms with Crippen LogP contribution in [-0.4, -0.2) is 80.6 Å². The second-order valence-electron chi connectivity index (χ2n) is 5.02. The van der Waals surface area contributed by atoms with E-state index in [2.05, 4.69) is 22.2 Å². The largest absolute Gasteiger partial charge is 0.464 e. The molecule has 1 saturated heterocycles. The number of piperazine rings is 1. The number of hydrogen-bond donors (Lipinski definition) is 2. The molecule has 0 saturated carbocycles. The molecule has 1 rings (SSSR count). The lowest BCUT2D eigenvalue weighted by Crippen LogP contribution is -2.48. The molecule has 1 aliphatic rings. The number of likely N-dealkylation sites (N-methyl/N-ethyl adjacent to an activating group) is 1. The van der Waals surface area contributed by atoms with Crippen molar-refractivity contribution in [2.24, 2.45) is 5.73 Å². The zero-order valence-corrected chi connectivity index (χ0v) is 12.4. The van der Waals surface area contributed by atoms with Gasteiger partial charge in [0.15, 0.2) is 6.04 Å². The van der Waals surface area contributed by atoms with Gasteiger partial charge in [0.2, 0.25) is 5.91 Å². The number of nitrogens with one attached hydrogen (secondary N) is 1. The van der Waals surface area contributed by atoms with Crippen LogP contribution < -0.4 is 11.1 Å². The second-order valence-corrected chi connectivity index (χ2v) is 5.02. The first-order chi connectivity index (χ1) is 9.54. The fourth-order valence-corrected chi connectivity index (χ4v) is 2.03. The molecule has 1 aliphatic heterocycles. The third-order valence-corrected chi connectivity index (χ3v) is 3.37. The van der Waals surface area contributed by atoms with E-state index in [4.69, 9.17) is 10.5 Å². The first-order valence-corrected chi connectivity index (χ1v) is 7.15. The van der Waals surface area contributed by atoms with Crippen molar-refractivity contribution in [2.75, 3.05) is 52.9 Å². The molecule has 7 heteroatoms. The highest BCUT2D eigenvalue weighted by molar-refractivity contribution is 6.01. The lowest BCUT2D eigenvalue weighted by Gasteiger charge is -2.32. The normalized spacial score (nSPS) is 18.6. The average molecular weight is 286 g/mol. The highest BCUT2D eigenvalue weighted by Gasteiger charge is 2.22. The third-order valence-electron chi connectivity index (χ3n) is 3.37. The lowest BCUT2D eigenvalue weighted by molar-refractivity contribution is -0.147. The molecule has 0 spiro atoms. The Morgan fingerprint density at radius 1 is 1.30 bits per heavy atom. The molecule has 1 unspecified atom stereocenters. The zero-order chi connectivity index (χ0) is 15.0. The van der Waals surface area contributed by atoms with Crippen molar-refractivity contribution < 1.29 is 14.3 Å². The number of rotatable bonds is 7. The summed E-state index contributed by atoms with van der Waals surface area (Å²) in [6, 6.07) is -1.22. The van der Waals surface area contributed by atoms with Crippen LogP contribution in [0, 0.1) is 0 Å². The van der Waals surface area contributed by atoms with Gasteiger partial charge < -0.3 is 25.6 Å². The van der Waals surface area contributed by atoms with E-state index in [0.29, 0.717) is 6.54 Å².